The van der Waals surface area contributed by atoms with E-state index in [-0.39, 0.29) is 0 Å². The van der Waals surface area contributed by atoms with E-state index in [1.165, 1.54) is 12.2 Å². The second-order valence-corrected chi connectivity index (χ2v) is 4.91. The van der Waals surface area contributed by atoms with Crippen molar-refractivity contribution < 1.29 is 9.59 Å². The van der Waals surface area contributed by atoms with Crippen molar-refractivity contribution in [1.29, 1.82) is 0 Å². The van der Waals surface area contributed by atoms with Crippen LogP contribution in [0.4, 0.5) is 0 Å². The average Bonchev–Trinajstić information content (AvgIpc) is 2.58. The molecule has 0 aliphatic carbocycles. The molecule has 106 valence electrons. The standard InChI is InChI=1S/C20H14O2/c21-13-5-11-19-15-7-1-2-8-16(15)20(12-6-14-22)18-10-4-3-9-17(18)19/h1-14H/b11-5+,12-6+. The molecule has 2 heteroatoms. The minimum absolute atomic E-state index is 0.781. The Morgan fingerprint density at radius 2 is 0.864 bits per heavy atom. The monoisotopic (exact) mass is 286 g/mol. The van der Waals surface area contributed by atoms with Crippen LogP contribution in [0.15, 0.2) is 60.7 Å². The maximum atomic E-state index is 10.7. The number of benzene rings is 3. The molecule has 2 nitrogen and oxygen atoms in total. The summed E-state index contributed by atoms with van der Waals surface area (Å²) in [5, 5.41) is 4.24. The number of carbonyl (C=O) groups excluding carboxylic acids is 2. The molecule has 22 heavy (non-hydrogen) atoms. The summed E-state index contributed by atoms with van der Waals surface area (Å²) in [5.41, 5.74) is 2.03. The molecule has 0 bridgehead atoms. The summed E-state index contributed by atoms with van der Waals surface area (Å²) in [6.45, 7) is 0. The summed E-state index contributed by atoms with van der Waals surface area (Å²) in [5.74, 6) is 0. The Balaban J connectivity index is 2.52. The molecule has 0 radical (unpaired) electrons. The molecule has 0 amide bonds. The predicted octanol–water partition coefficient (Wildman–Crippen LogP) is 4.42. The molecule has 3 aromatic carbocycles. The fourth-order valence-corrected chi connectivity index (χ4v) is 2.83. The van der Waals surface area contributed by atoms with Crippen LogP contribution in [0.1, 0.15) is 11.1 Å². The summed E-state index contributed by atoms with van der Waals surface area (Å²) in [6.07, 6.45) is 8.26. The number of hydrogen-bond acceptors (Lipinski definition) is 2. The largest absolute Gasteiger partial charge is 0.299 e. The van der Waals surface area contributed by atoms with E-state index in [9.17, 15) is 9.59 Å². The number of rotatable bonds is 4. The quantitative estimate of drug-likeness (QED) is 0.404. The summed E-state index contributed by atoms with van der Waals surface area (Å²) >= 11 is 0. The van der Waals surface area contributed by atoms with Gasteiger partial charge in [0, 0.05) is 0 Å². The van der Waals surface area contributed by atoms with Gasteiger partial charge < -0.3 is 0 Å². The van der Waals surface area contributed by atoms with Gasteiger partial charge in [0.1, 0.15) is 12.6 Å². The van der Waals surface area contributed by atoms with E-state index in [1.54, 1.807) is 0 Å². The maximum Gasteiger partial charge on any atom is 0.142 e. The van der Waals surface area contributed by atoms with Crippen molar-refractivity contribution in [3.63, 3.8) is 0 Å². The average molecular weight is 286 g/mol. The Labute approximate surface area is 128 Å². The smallest absolute Gasteiger partial charge is 0.142 e. The Morgan fingerprint density at radius 3 is 1.14 bits per heavy atom. The Kier molecular flexibility index (Phi) is 3.92. The van der Waals surface area contributed by atoms with Crippen molar-refractivity contribution in [2.45, 2.75) is 0 Å². The summed E-state index contributed by atoms with van der Waals surface area (Å²) in [6, 6.07) is 16.0. The van der Waals surface area contributed by atoms with Gasteiger partial charge in [-0.15, -0.1) is 0 Å². The van der Waals surface area contributed by atoms with Crippen LogP contribution in [0.25, 0.3) is 33.7 Å². The van der Waals surface area contributed by atoms with Gasteiger partial charge in [-0.3, -0.25) is 9.59 Å². The van der Waals surface area contributed by atoms with Crippen LogP contribution in [0, 0.1) is 0 Å². The van der Waals surface area contributed by atoms with Gasteiger partial charge in [-0.1, -0.05) is 60.7 Å². The minimum atomic E-state index is 0.781. The highest BCUT2D eigenvalue weighted by Gasteiger charge is 2.09. The van der Waals surface area contributed by atoms with E-state index in [2.05, 4.69) is 0 Å². The third kappa shape index (κ3) is 2.35. The van der Waals surface area contributed by atoms with Crippen LogP contribution in [0.5, 0.6) is 0 Å². The molecule has 3 rings (SSSR count). The lowest BCUT2D eigenvalue weighted by Gasteiger charge is -2.12. The van der Waals surface area contributed by atoms with Gasteiger partial charge in [0.25, 0.3) is 0 Å². The van der Waals surface area contributed by atoms with Gasteiger partial charge in [0.2, 0.25) is 0 Å². The number of aldehydes is 2. The highest BCUT2D eigenvalue weighted by atomic mass is 16.1. The first-order valence-corrected chi connectivity index (χ1v) is 7.04. The topological polar surface area (TPSA) is 34.1 Å². The summed E-state index contributed by atoms with van der Waals surface area (Å²) in [7, 11) is 0. The molecule has 0 aromatic heterocycles. The van der Waals surface area contributed by atoms with Crippen molar-refractivity contribution in [3.8, 4) is 0 Å². The predicted molar refractivity (Wildman–Crippen MR) is 91.7 cm³/mol. The van der Waals surface area contributed by atoms with E-state index >= 15 is 0 Å². The lowest BCUT2D eigenvalue weighted by Crippen LogP contribution is -1.88. The summed E-state index contributed by atoms with van der Waals surface area (Å²) in [4.78, 5) is 21.4. The molecular formula is C20H14O2. The Hall–Kier alpha value is -3.00. The molecular weight excluding hydrogens is 272 g/mol. The second kappa shape index (κ2) is 6.19. The molecule has 0 spiro atoms. The number of carbonyl (C=O) groups is 2. The van der Waals surface area contributed by atoms with Crippen molar-refractivity contribution >= 4 is 46.3 Å². The van der Waals surface area contributed by atoms with Crippen molar-refractivity contribution in [1.82, 2.24) is 0 Å². The first-order chi connectivity index (χ1) is 10.9. The van der Waals surface area contributed by atoms with Crippen LogP contribution in [0.3, 0.4) is 0 Å². The Bertz CT molecular complexity index is 785. The third-order valence-corrected chi connectivity index (χ3v) is 3.70. The minimum Gasteiger partial charge on any atom is -0.299 e. The lowest BCUT2D eigenvalue weighted by atomic mass is 9.91. The van der Waals surface area contributed by atoms with E-state index in [4.69, 9.17) is 0 Å². The second-order valence-electron chi connectivity index (χ2n) is 4.91. The number of allylic oxidation sites excluding steroid dienone is 2. The summed E-state index contributed by atoms with van der Waals surface area (Å²) < 4.78 is 0. The Morgan fingerprint density at radius 1 is 0.545 bits per heavy atom. The SMILES string of the molecule is O=C/C=C/c1c2ccccc2c(/C=C/C=O)c2ccccc12. The molecule has 0 saturated heterocycles. The zero-order valence-electron chi connectivity index (χ0n) is 11.9. The normalized spacial score (nSPS) is 11.6. The molecule has 0 unspecified atom stereocenters. The van der Waals surface area contributed by atoms with Crippen molar-refractivity contribution in [2.75, 3.05) is 0 Å². The van der Waals surface area contributed by atoms with Crippen LogP contribution in [-0.2, 0) is 9.59 Å². The van der Waals surface area contributed by atoms with E-state index < -0.39 is 0 Å². The molecule has 0 saturated carbocycles. The number of fused-ring (bicyclic) bond motifs is 2. The van der Waals surface area contributed by atoms with Crippen molar-refractivity contribution in [2.24, 2.45) is 0 Å². The maximum absolute atomic E-state index is 10.7. The molecule has 0 aliphatic rings. The van der Waals surface area contributed by atoms with Gasteiger partial charge in [-0.25, -0.2) is 0 Å². The van der Waals surface area contributed by atoms with Crippen LogP contribution < -0.4 is 0 Å². The van der Waals surface area contributed by atoms with Crippen LogP contribution >= 0.6 is 0 Å². The van der Waals surface area contributed by atoms with E-state index in [0.717, 1.165) is 45.2 Å². The fraction of sp³-hybridized carbons (Fsp3) is 0. The van der Waals surface area contributed by atoms with E-state index in [0.29, 0.717) is 0 Å². The zero-order valence-corrected chi connectivity index (χ0v) is 11.9. The van der Waals surface area contributed by atoms with Gasteiger partial charge in [-0.2, -0.15) is 0 Å². The molecule has 0 heterocycles. The van der Waals surface area contributed by atoms with E-state index in [1.807, 2.05) is 60.7 Å². The van der Waals surface area contributed by atoms with Crippen LogP contribution in [0.2, 0.25) is 0 Å². The lowest BCUT2D eigenvalue weighted by molar-refractivity contribution is -0.104. The molecule has 0 fully saturated rings. The van der Waals surface area contributed by atoms with Gasteiger partial charge in [-0.05, 0) is 44.8 Å². The first-order valence-electron chi connectivity index (χ1n) is 7.04. The number of hydrogen-bond donors (Lipinski definition) is 0. The molecule has 3 aromatic rings. The third-order valence-electron chi connectivity index (χ3n) is 3.70. The van der Waals surface area contributed by atoms with Gasteiger partial charge in [0.05, 0.1) is 0 Å². The molecule has 0 atom stereocenters. The van der Waals surface area contributed by atoms with Gasteiger partial charge >= 0.3 is 0 Å². The van der Waals surface area contributed by atoms with Crippen molar-refractivity contribution in [3.05, 3.63) is 71.8 Å². The molecule has 0 aliphatic heterocycles. The zero-order chi connectivity index (χ0) is 15.4. The molecule has 0 N–H and O–H groups in total. The highest BCUT2D eigenvalue weighted by molar-refractivity contribution is 6.13. The highest BCUT2D eigenvalue weighted by Crippen LogP contribution is 2.34. The van der Waals surface area contributed by atoms with Crippen LogP contribution in [-0.4, -0.2) is 12.6 Å². The van der Waals surface area contributed by atoms with Gasteiger partial charge in [0.15, 0.2) is 0 Å². The first kappa shape index (κ1) is 14.0. The fourth-order valence-electron chi connectivity index (χ4n) is 2.83.